The standard InChI is InChI=1S/C18H16ClFO4S2/c19-16-9-13(20)6-5-12(16)10-24-18(21)15-3-1-2-4-17(15)25-14-7-8-26(22,23)11-14/h1-6,9,14H,7-8,10-11H2/t14-/m1/s1. The zero-order valence-corrected chi connectivity index (χ0v) is 16.0. The summed E-state index contributed by atoms with van der Waals surface area (Å²) in [4.78, 5) is 13.1. The molecule has 0 aliphatic carbocycles. The second-order valence-electron chi connectivity index (χ2n) is 5.95. The zero-order chi connectivity index (χ0) is 18.7. The van der Waals surface area contributed by atoms with Gasteiger partial charge < -0.3 is 4.74 Å². The first-order chi connectivity index (χ1) is 12.3. The fraction of sp³-hybridized carbons (Fsp3) is 0.278. The van der Waals surface area contributed by atoms with Crippen LogP contribution >= 0.6 is 23.4 Å². The molecule has 138 valence electrons. The van der Waals surface area contributed by atoms with Crippen molar-refractivity contribution in [3.63, 3.8) is 0 Å². The van der Waals surface area contributed by atoms with Crippen molar-refractivity contribution < 1.29 is 22.3 Å². The van der Waals surface area contributed by atoms with Crippen molar-refractivity contribution in [1.29, 1.82) is 0 Å². The van der Waals surface area contributed by atoms with Crippen molar-refractivity contribution in [3.8, 4) is 0 Å². The highest BCUT2D eigenvalue weighted by Crippen LogP contribution is 2.33. The van der Waals surface area contributed by atoms with E-state index in [4.69, 9.17) is 16.3 Å². The second kappa shape index (κ2) is 7.98. The van der Waals surface area contributed by atoms with E-state index in [1.807, 2.05) is 0 Å². The molecule has 1 fully saturated rings. The molecule has 2 aromatic carbocycles. The van der Waals surface area contributed by atoms with E-state index < -0.39 is 21.6 Å². The van der Waals surface area contributed by atoms with Gasteiger partial charge in [-0.2, -0.15) is 0 Å². The van der Waals surface area contributed by atoms with Gasteiger partial charge in [-0.15, -0.1) is 11.8 Å². The highest BCUT2D eigenvalue weighted by molar-refractivity contribution is 8.02. The molecule has 0 amide bonds. The van der Waals surface area contributed by atoms with Gasteiger partial charge in [-0.05, 0) is 30.7 Å². The van der Waals surface area contributed by atoms with Crippen molar-refractivity contribution in [2.75, 3.05) is 11.5 Å². The van der Waals surface area contributed by atoms with E-state index in [0.29, 0.717) is 22.4 Å². The highest BCUT2D eigenvalue weighted by atomic mass is 35.5. The van der Waals surface area contributed by atoms with E-state index in [2.05, 4.69) is 0 Å². The fourth-order valence-corrected chi connectivity index (χ4v) is 6.47. The van der Waals surface area contributed by atoms with E-state index in [0.717, 1.165) is 6.07 Å². The number of benzene rings is 2. The summed E-state index contributed by atoms with van der Waals surface area (Å²) in [6.45, 7) is -0.0746. The van der Waals surface area contributed by atoms with Gasteiger partial charge in [0.25, 0.3) is 0 Å². The predicted molar refractivity (Wildman–Crippen MR) is 99.9 cm³/mol. The lowest BCUT2D eigenvalue weighted by Crippen LogP contribution is -2.10. The molecule has 0 spiro atoms. The first-order valence-corrected chi connectivity index (χ1v) is 11.0. The Kier molecular flexibility index (Phi) is 5.89. The maximum absolute atomic E-state index is 13.1. The van der Waals surface area contributed by atoms with E-state index in [1.165, 1.54) is 23.9 Å². The Morgan fingerprint density at radius 2 is 2.04 bits per heavy atom. The molecular weight excluding hydrogens is 399 g/mol. The predicted octanol–water partition coefficient (Wildman–Crippen LogP) is 4.12. The number of sulfone groups is 1. The molecular formula is C18H16ClFO4S2. The summed E-state index contributed by atoms with van der Waals surface area (Å²) in [5, 5.41) is 0.122. The van der Waals surface area contributed by atoms with Gasteiger partial charge in [0.05, 0.1) is 22.1 Å². The Bertz CT molecular complexity index is 931. The van der Waals surface area contributed by atoms with Gasteiger partial charge in [-0.1, -0.05) is 29.8 Å². The van der Waals surface area contributed by atoms with Crippen LogP contribution in [0.4, 0.5) is 4.39 Å². The molecule has 3 rings (SSSR count). The van der Waals surface area contributed by atoms with Crippen LogP contribution in [0, 0.1) is 5.82 Å². The number of carbonyl (C=O) groups is 1. The maximum Gasteiger partial charge on any atom is 0.339 e. The van der Waals surface area contributed by atoms with Crippen LogP contribution in [-0.4, -0.2) is 31.1 Å². The second-order valence-corrected chi connectivity index (χ2v) is 9.93. The van der Waals surface area contributed by atoms with Gasteiger partial charge in [0, 0.05) is 15.7 Å². The summed E-state index contributed by atoms with van der Waals surface area (Å²) in [6.07, 6.45) is 0.571. The summed E-state index contributed by atoms with van der Waals surface area (Å²) in [5.41, 5.74) is 0.883. The molecule has 1 aliphatic rings. The molecule has 1 saturated heterocycles. The molecule has 26 heavy (non-hydrogen) atoms. The molecule has 1 atom stereocenters. The minimum Gasteiger partial charge on any atom is -0.457 e. The van der Waals surface area contributed by atoms with Gasteiger partial charge in [-0.25, -0.2) is 17.6 Å². The summed E-state index contributed by atoms with van der Waals surface area (Å²) in [6, 6.07) is 10.8. The van der Waals surface area contributed by atoms with Crippen LogP contribution in [0.5, 0.6) is 0 Å². The van der Waals surface area contributed by atoms with Gasteiger partial charge >= 0.3 is 5.97 Å². The van der Waals surface area contributed by atoms with Gasteiger partial charge in [-0.3, -0.25) is 0 Å². The number of rotatable bonds is 5. The fourth-order valence-electron chi connectivity index (χ4n) is 2.63. The number of carbonyl (C=O) groups excluding carboxylic acids is 1. The third-order valence-electron chi connectivity index (χ3n) is 3.97. The number of hydrogen-bond donors (Lipinski definition) is 0. The zero-order valence-electron chi connectivity index (χ0n) is 13.7. The van der Waals surface area contributed by atoms with Crippen LogP contribution in [0.1, 0.15) is 22.3 Å². The van der Waals surface area contributed by atoms with E-state index in [9.17, 15) is 17.6 Å². The molecule has 0 radical (unpaired) electrons. The van der Waals surface area contributed by atoms with Crippen LogP contribution < -0.4 is 0 Å². The maximum atomic E-state index is 13.1. The largest absolute Gasteiger partial charge is 0.457 e. The highest BCUT2D eigenvalue weighted by Gasteiger charge is 2.29. The van der Waals surface area contributed by atoms with Crippen molar-refractivity contribution in [3.05, 3.63) is 64.4 Å². The van der Waals surface area contributed by atoms with Crippen molar-refractivity contribution in [2.24, 2.45) is 0 Å². The molecule has 1 heterocycles. The Morgan fingerprint density at radius 3 is 2.73 bits per heavy atom. The third-order valence-corrected chi connectivity index (χ3v) is 7.64. The first kappa shape index (κ1) is 19.2. The Balaban J connectivity index is 1.69. The molecule has 4 nitrogen and oxygen atoms in total. The number of hydrogen-bond acceptors (Lipinski definition) is 5. The van der Waals surface area contributed by atoms with Crippen molar-refractivity contribution >= 4 is 39.2 Å². The third kappa shape index (κ3) is 4.78. The summed E-state index contributed by atoms with van der Waals surface area (Å²) < 4.78 is 41.6. The number of thioether (sulfide) groups is 1. The lowest BCUT2D eigenvalue weighted by Gasteiger charge is -2.12. The van der Waals surface area contributed by atoms with Crippen LogP contribution in [0.3, 0.4) is 0 Å². The van der Waals surface area contributed by atoms with Crippen LogP contribution in [-0.2, 0) is 21.2 Å². The monoisotopic (exact) mass is 414 g/mol. The molecule has 0 N–H and O–H groups in total. The Labute approximate surface area is 160 Å². The number of ether oxygens (including phenoxy) is 1. The average molecular weight is 415 g/mol. The minimum absolute atomic E-state index is 0.0690. The molecule has 0 unspecified atom stereocenters. The summed E-state index contributed by atoms with van der Waals surface area (Å²) in [7, 11) is -2.99. The van der Waals surface area contributed by atoms with Crippen LogP contribution in [0.15, 0.2) is 47.4 Å². The first-order valence-electron chi connectivity index (χ1n) is 7.91. The molecule has 2 aromatic rings. The topological polar surface area (TPSA) is 60.4 Å². The smallest absolute Gasteiger partial charge is 0.339 e. The quantitative estimate of drug-likeness (QED) is 0.689. The molecule has 8 heteroatoms. The summed E-state index contributed by atoms with van der Waals surface area (Å²) >= 11 is 7.32. The van der Waals surface area contributed by atoms with Gasteiger partial charge in [0.2, 0.25) is 0 Å². The van der Waals surface area contributed by atoms with Gasteiger partial charge in [0.15, 0.2) is 9.84 Å². The average Bonchev–Trinajstić information content (AvgIpc) is 2.93. The van der Waals surface area contributed by atoms with E-state index in [1.54, 1.807) is 24.3 Å². The van der Waals surface area contributed by atoms with Crippen LogP contribution in [0.2, 0.25) is 5.02 Å². The summed E-state index contributed by atoms with van der Waals surface area (Å²) in [5.74, 6) is -0.695. The Morgan fingerprint density at radius 1 is 1.27 bits per heavy atom. The SMILES string of the molecule is O=C(OCc1ccc(F)cc1Cl)c1ccccc1S[C@@H]1CCS(=O)(=O)C1. The molecule has 1 aliphatic heterocycles. The Hall–Kier alpha value is -1.57. The lowest BCUT2D eigenvalue weighted by atomic mass is 10.2. The van der Waals surface area contributed by atoms with Crippen LogP contribution in [0.25, 0.3) is 0 Å². The van der Waals surface area contributed by atoms with Gasteiger partial charge in [0.1, 0.15) is 12.4 Å². The molecule has 0 bridgehead atoms. The molecule has 0 saturated carbocycles. The number of esters is 1. The number of halogens is 2. The molecule has 0 aromatic heterocycles. The minimum atomic E-state index is -2.99. The van der Waals surface area contributed by atoms with E-state index in [-0.39, 0.29) is 28.4 Å². The normalized spacial score (nSPS) is 18.6. The van der Waals surface area contributed by atoms with Crippen molar-refractivity contribution in [1.82, 2.24) is 0 Å². The van der Waals surface area contributed by atoms with E-state index >= 15 is 0 Å². The lowest BCUT2D eigenvalue weighted by molar-refractivity contribution is 0.0468. The van der Waals surface area contributed by atoms with Crippen molar-refractivity contribution in [2.45, 2.75) is 23.2 Å².